The Hall–Kier alpha value is -0.580. The van der Waals surface area contributed by atoms with Gasteiger partial charge in [-0.05, 0) is 47.7 Å². The van der Waals surface area contributed by atoms with E-state index in [1.165, 1.54) is 4.88 Å². The second-order valence-corrected chi connectivity index (χ2v) is 5.66. The van der Waals surface area contributed by atoms with Crippen molar-refractivity contribution in [2.45, 2.75) is 13.0 Å². The molecule has 0 radical (unpaired) electrons. The molecule has 3 N–H and O–H groups in total. The van der Waals surface area contributed by atoms with Crippen LogP contribution in [0.1, 0.15) is 22.0 Å². The molecular formula is C12H12Cl2N2S. The van der Waals surface area contributed by atoms with Crippen LogP contribution in [0.25, 0.3) is 0 Å². The number of nitrogens with two attached hydrogens (primary N) is 1. The van der Waals surface area contributed by atoms with Crippen LogP contribution >= 0.6 is 34.5 Å². The summed E-state index contributed by atoms with van der Waals surface area (Å²) < 4.78 is 0. The molecule has 0 spiro atoms. The van der Waals surface area contributed by atoms with E-state index in [2.05, 4.69) is 12.3 Å². The van der Waals surface area contributed by atoms with Crippen LogP contribution in [0.15, 0.2) is 29.6 Å². The summed E-state index contributed by atoms with van der Waals surface area (Å²) in [6.45, 7) is 2.06. The van der Waals surface area contributed by atoms with Gasteiger partial charge in [-0.1, -0.05) is 23.2 Å². The molecule has 0 aliphatic rings. The lowest BCUT2D eigenvalue weighted by molar-refractivity contribution is 0.636. The van der Waals surface area contributed by atoms with Crippen LogP contribution in [0, 0.1) is 6.92 Å². The van der Waals surface area contributed by atoms with Crippen molar-refractivity contribution in [3.63, 3.8) is 0 Å². The molecule has 0 bridgehead atoms. The molecule has 1 aromatic heterocycles. The van der Waals surface area contributed by atoms with Gasteiger partial charge in [0.1, 0.15) is 0 Å². The molecule has 2 aromatic rings. The van der Waals surface area contributed by atoms with Crippen molar-refractivity contribution >= 4 is 34.5 Å². The molecule has 0 amide bonds. The lowest BCUT2D eigenvalue weighted by Crippen LogP contribution is -2.29. The molecule has 2 nitrogen and oxygen atoms in total. The standard InChI is InChI=1S/C12H12Cl2N2S/c1-7-9(4-5-17-7)12(16-15)10-6-8(13)2-3-11(10)14/h2-6,12,16H,15H2,1H3. The smallest absolute Gasteiger partial charge is 0.0735 e. The molecule has 1 aromatic carbocycles. The number of hydrogen-bond donors (Lipinski definition) is 2. The number of hydrazine groups is 1. The van der Waals surface area contributed by atoms with Crippen molar-refractivity contribution in [3.8, 4) is 0 Å². The first-order valence-corrected chi connectivity index (χ1v) is 6.72. The van der Waals surface area contributed by atoms with Crippen LogP contribution in [0.3, 0.4) is 0 Å². The summed E-state index contributed by atoms with van der Waals surface area (Å²) in [4.78, 5) is 1.21. The number of aryl methyl sites for hydroxylation is 1. The Balaban J connectivity index is 2.49. The van der Waals surface area contributed by atoms with Crippen molar-refractivity contribution in [2.24, 2.45) is 5.84 Å². The molecular weight excluding hydrogens is 275 g/mol. The van der Waals surface area contributed by atoms with Gasteiger partial charge in [0.2, 0.25) is 0 Å². The van der Waals surface area contributed by atoms with Gasteiger partial charge in [-0.2, -0.15) is 0 Å². The minimum Gasteiger partial charge on any atom is -0.271 e. The number of thiophene rings is 1. The normalized spacial score (nSPS) is 12.7. The highest BCUT2D eigenvalue weighted by Gasteiger charge is 2.18. The van der Waals surface area contributed by atoms with E-state index >= 15 is 0 Å². The van der Waals surface area contributed by atoms with Crippen LogP contribution in [0.4, 0.5) is 0 Å². The second-order valence-electron chi connectivity index (χ2n) is 3.70. The SMILES string of the molecule is Cc1sccc1C(NN)c1cc(Cl)ccc1Cl. The van der Waals surface area contributed by atoms with Crippen molar-refractivity contribution in [3.05, 3.63) is 55.7 Å². The van der Waals surface area contributed by atoms with E-state index < -0.39 is 0 Å². The van der Waals surface area contributed by atoms with Gasteiger partial charge in [0.05, 0.1) is 6.04 Å². The maximum atomic E-state index is 6.19. The molecule has 2 rings (SSSR count). The molecule has 5 heteroatoms. The fraction of sp³-hybridized carbons (Fsp3) is 0.167. The topological polar surface area (TPSA) is 38.0 Å². The first-order valence-electron chi connectivity index (χ1n) is 5.08. The van der Waals surface area contributed by atoms with Gasteiger partial charge in [-0.25, -0.2) is 5.43 Å². The molecule has 0 aliphatic heterocycles. The first kappa shape index (κ1) is 12.9. The number of benzene rings is 1. The van der Waals surface area contributed by atoms with Crippen LogP contribution < -0.4 is 11.3 Å². The van der Waals surface area contributed by atoms with Gasteiger partial charge in [0.15, 0.2) is 0 Å². The zero-order chi connectivity index (χ0) is 12.4. The van der Waals surface area contributed by atoms with Gasteiger partial charge in [0, 0.05) is 14.9 Å². The predicted octanol–water partition coefficient (Wildman–Crippen LogP) is 3.92. The van der Waals surface area contributed by atoms with E-state index in [4.69, 9.17) is 29.0 Å². The molecule has 1 heterocycles. The van der Waals surface area contributed by atoms with E-state index in [-0.39, 0.29) is 6.04 Å². The summed E-state index contributed by atoms with van der Waals surface area (Å²) in [6.07, 6.45) is 0. The lowest BCUT2D eigenvalue weighted by atomic mass is 10.00. The Kier molecular flexibility index (Phi) is 4.07. The average Bonchev–Trinajstić information content (AvgIpc) is 2.71. The minimum atomic E-state index is -0.132. The van der Waals surface area contributed by atoms with Gasteiger partial charge >= 0.3 is 0 Å². The number of hydrogen-bond acceptors (Lipinski definition) is 3. The van der Waals surface area contributed by atoms with Gasteiger partial charge in [0.25, 0.3) is 0 Å². The highest BCUT2D eigenvalue weighted by atomic mass is 35.5. The van der Waals surface area contributed by atoms with Crippen molar-refractivity contribution in [1.29, 1.82) is 0 Å². The largest absolute Gasteiger partial charge is 0.271 e. The monoisotopic (exact) mass is 286 g/mol. The van der Waals surface area contributed by atoms with Crippen LogP contribution in [-0.2, 0) is 0 Å². The van der Waals surface area contributed by atoms with E-state index in [1.54, 1.807) is 23.5 Å². The van der Waals surface area contributed by atoms with Gasteiger partial charge in [-0.15, -0.1) is 11.3 Å². The highest BCUT2D eigenvalue weighted by Crippen LogP contribution is 2.33. The predicted molar refractivity (Wildman–Crippen MR) is 74.7 cm³/mol. The molecule has 1 unspecified atom stereocenters. The summed E-state index contributed by atoms with van der Waals surface area (Å²) in [5, 5.41) is 3.34. The number of nitrogens with one attached hydrogen (secondary N) is 1. The zero-order valence-electron chi connectivity index (χ0n) is 9.21. The van der Waals surface area contributed by atoms with Crippen LogP contribution in [0.5, 0.6) is 0 Å². The first-order chi connectivity index (χ1) is 8.13. The highest BCUT2D eigenvalue weighted by molar-refractivity contribution is 7.10. The van der Waals surface area contributed by atoms with Crippen molar-refractivity contribution in [1.82, 2.24) is 5.43 Å². The summed E-state index contributed by atoms with van der Waals surface area (Å²) in [5.74, 6) is 5.64. The molecule has 1 atom stereocenters. The molecule has 0 aliphatic carbocycles. The number of halogens is 2. The zero-order valence-corrected chi connectivity index (χ0v) is 11.5. The Morgan fingerprint density at radius 1 is 1.24 bits per heavy atom. The fourth-order valence-corrected chi connectivity index (χ4v) is 2.93. The summed E-state index contributed by atoms with van der Waals surface area (Å²) >= 11 is 13.9. The minimum absolute atomic E-state index is 0.132. The van der Waals surface area contributed by atoms with Crippen LogP contribution in [0.2, 0.25) is 10.0 Å². The quantitative estimate of drug-likeness (QED) is 0.663. The average molecular weight is 287 g/mol. The number of rotatable bonds is 3. The summed E-state index contributed by atoms with van der Waals surface area (Å²) in [5.41, 5.74) is 4.81. The lowest BCUT2D eigenvalue weighted by Gasteiger charge is -2.18. The van der Waals surface area contributed by atoms with Gasteiger partial charge in [-0.3, -0.25) is 5.84 Å². The van der Waals surface area contributed by atoms with E-state index in [0.29, 0.717) is 10.0 Å². The summed E-state index contributed by atoms with van der Waals surface area (Å²) in [6, 6.07) is 7.30. The van der Waals surface area contributed by atoms with E-state index in [1.807, 2.05) is 17.5 Å². The fourth-order valence-electron chi connectivity index (χ4n) is 1.78. The third-order valence-corrected chi connectivity index (χ3v) is 4.09. The maximum absolute atomic E-state index is 6.19. The van der Waals surface area contributed by atoms with Crippen LogP contribution in [-0.4, -0.2) is 0 Å². The molecule has 0 saturated heterocycles. The summed E-state index contributed by atoms with van der Waals surface area (Å²) in [7, 11) is 0. The van der Waals surface area contributed by atoms with Crippen molar-refractivity contribution in [2.75, 3.05) is 0 Å². The van der Waals surface area contributed by atoms with E-state index in [9.17, 15) is 0 Å². The van der Waals surface area contributed by atoms with Gasteiger partial charge < -0.3 is 0 Å². The molecule has 17 heavy (non-hydrogen) atoms. The third-order valence-electron chi connectivity index (χ3n) is 2.65. The Morgan fingerprint density at radius 2 is 2.00 bits per heavy atom. The van der Waals surface area contributed by atoms with E-state index in [0.717, 1.165) is 11.1 Å². The Labute approximate surface area is 114 Å². The Morgan fingerprint density at radius 3 is 2.59 bits per heavy atom. The maximum Gasteiger partial charge on any atom is 0.0735 e. The molecule has 0 fully saturated rings. The Bertz CT molecular complexity index is 525. The molecule has 0 saturated carbocycles. The third kappa shape index (κ3) is 2.64. The van der Waals surface area contributed by atoms with Crippen molar-refractivity contribution < 1.29 is 0 Å². The molecule has 90 valence electrons. The second kappa shape index (κ2) is 5.38.